The normalized spacial score (nSPS) is 12.5. The molecule has 0 aromatic rings. The van der Waals surface area contributed by atoms with Gasteiger partial charge < -0.3 is 19.5 Å². The molecule has 6 heteroatoms. The Balaban J connectivity index is 3.85. The van der Waals surface area contributed by atoms with Gasteiger partial charge in [0.2, 0.25) is 0 Å². The van der Waals surface area contributed by atoms with Crippen LogP contribution in [-0.4, -0.2) is 54.9 Å². The second-order valence-electron chi connectivity index (χ2n) is 5.28. The Morgan fingerprint density at radius 1 is 1.17 bits per heavy atom. The lowest BCUT2D eigenvalue weighted by molar-refractivity contribution is -0.144. The molecule has 0 aliphatic heterocycles. The number of unbranched alkanes of at least 4 members (excludes halogenated alkanes) is 2. The molecule has 0 spiro atoms. The first-order valence-electron chi connectivity index (χ1n) is 7.99. The summed E-state index contributed by atoms with van der Waals surface area (Å²) >= 11 is 0. The average Bonchev–Trinajstić information content (AvgIpc) is 2.50. The lowest BCUT2D eigenvalue weighted by Gasteiger charge is -2.14. The zero-order valence-electron chi connectivity index (χ0n) is 14.4. The Kier molecular flexibility index (Phi) is 12.7. The van der Waals surface area contributed by atoms with Gasteiger partial charge in [-0.25, -0.2) is 9.59 Å². The predicted octanol–water partition coefficient (Wildman–Crippen LogP) is 2.04. The lowest BCUT2D eigenvalue weighted by atomic mass is 10.2. The minimum atomic E-state index is -0.417. The molecule has 6 nitrogen and oxygen atoms in total. The number of hydrogen-bond donors (Lipinski definition) is 1. The van der Waals surface area contributed by atoms with Gasteiger partial charge in [-0.15, -0.1) is 0 Å². The third kappa shape index (κ3) is 13.6. The monoisotopic (exact) mass is 327 g/mol. The first-order chi connectivity index (χ1) is 11.0. The standard InChI is InChI=1S/C17H29NO5/c1-4-8-16(20)22-14-10-15(2)23-17(21)9-12-18(3)11-6-5-7-13-19/h4,8-9,12,15,19H,5-7,10-11,13-14H2,1-3H3/b8-4+,12-9+. The van der Waals surface area contributed by atoms with Gasteiger partial charge in [0.15, 0.2) is 0 Å². The Labute approximate surface area is 138 Å². The number of carbonyl (C=O) groups excluding carboxylic acids is 2. The molecule has 1 atom stereocenters. The molecule has 0 rings (SSSR count). The zero-order valence-corrected chi connectivity index (χ0v) is 14.4. The Morgan fingerprint density at radius 3 is 2.57 bits per heavy atom. The summed E-state index contributed by atoms with van der Waals surface area (Å²) in [4.78, 5) is 24.7. The average molecular weight is 327 g/mol. The van der Waals surface area contributed by atoms with E-state index in [1.54, 1.807) is 26.1 Å². The number of nitrogens with zero attached hydrogens (tertiary/aromatic N) is 1. The van der Waals surface area contributed by atoms with Crippen molar-refractivity contribution in [2.45, 2.75) is 45.6 Å². The largest absolute Gasteiger partial charge is 0.462 e. The number of hydrogen-bond acceptors (Lipinski definition) is 6. The van der Waals surface area contributed by atoms with E-state index in [2.05, 4.69) is 0 Å². The summed E-state index contributed by atoms with van der Waals surface area (Å²) in [5, 5.41) is 8.69. The van der Waals surface area contributed by atoms with Crippen molar-refractivity contribution >= 4 is 11.9 Å². The van der Waals surface area contributed by atoms with Crippen LogP contribution in [0.25, 0.3) is 0 Å². The summed E-state index contributed by atoms with van der Waals surface area (Å²) < 4.78 is 10.1. The minimum Gasteiger partial charge on any atom is -0.462 e. The number of allylic oxidation sites excluding steroid dienone is 1. The van der Waals surface area contributed by atoms with Crippen LogP contribution in [0, 0.1) is 0 Å². The van der Waals surface area contributed by atoms with Crippen LogP contribution in [0.5, 0.6) is 0 Å². The van der Waals surface area contributed by atoms with E-state index in [4.69, 9.17) is 14.6 Å². The number of rotatable bonds is 12. The van der Waals surface area contributed by atoms with E-state index in [-0.39, 0.29) is 19.3 Å². The van der Waals surface area contributed by atoms with Crippen LogP contribution in [-0.2, 0) is 19.1 Å². The number of aliphatic hydroxyl groups is 1. The Hall–Kier alpha value is -1.82. The van der Waals surface area contributed by atoms with Crippen LogP contribution in [0.2, 0.25) is 0 Å². The van der Waals surface area contributed by atoms with Crippen LogP contribution >= 0.6 is 0 Å². The highest BCUT2D eigenvalue weighted by atomic mass is 16.6. The van der Waals surface area contributed by atoms with Gasteiger partial charge in [-0.05, 0) is 33.1 Å². The van der Waals surface area contributed by atoms with Crippen molar-refractivity contribution in [3.63, 3.8) is 0 Å². The Morgan fingerprint density at radius 2 is 1.91 bits per heavy atom. The summed E-state index contributed by atoms with van der Waals surface area (Å²) in [7, 11) is 1.88. The molecule has 0 aromatic carbocycles. The van der Waals surface area contributed by atoms with Gasteiger partial charge in [-0.2, -0.15) is 0 Å². The number of aliphatic hydroxyl groups excluding tert-OH is 1. The third-order valence-corrected chi connectivity index (χ3v) is 3.02. The molecule has 1 N–H and O–H groups in total. The molecule has 23 heavy (non-hydrogen) atoms. The number of ether oxygens (including phenoxy) is 2. The molecular formula is C17H29NO5. The predicted molar refractivity (Wildman–Crippen MR) is 88.7 cm³/mol. The van der Waals surface area contributed by atoms with Crippen LogP contribution in [0.3, 0.4) is 0 Å². The molecule has 0 bridgehead atoms. The first-order valence-corrected chi connectivity index (χ1v) is 7.99. The molecule has 0 fully saturated rings. The van der Waals surface area contributed by atoms with E-state index in [9.17, 15) is 9.59 Å². The van der Waals surface area contributed by atoms with Crippen LogP contribution in [0.1, 0.15) is 39.5 Å². The second-order valence-corrected chi connectivity index (χ2v) is 5.28. The summed E-state index contributed by atoms with van der Waals surface area (Å²) in [6, 6.07) is 0. The molecule has 0 saturated heterocycles. The summed E-state index contributed by atoms with van der Waals surface area (Å²) in [5.41, 5.74) is 0. The summed E-state index contributed by atoms with van der Waals surface area (Å²) in [5.74, 6) is -0.812. The maximum absolute atomic E-state index is 11.6. The molecule has 0 amide bonds. The van der Waals surface area contributed by atoms with E-state index in [0.717, 1.165) is 25.8 Å². The number of esters is 2. The van der Waals surface area contributed by atoms with Gasteiger partial charge in [-0.1, -0.05) is 6.08 Å². The van der Waals surface area contributed by atoms with Crippen molar-refractivity contribution in [3.8, 4) is 0 Å². The molecule has 132 valence electrons. The van der Waals surface area contributed by atoms with Crippen molar-refractivity contribution in [2.75, 3.05) is 26.8 Å². The van der Waals surface area contributed by atoms with Gasteiger partial charge in [0.1, 0.15) is 6.10 Å². The molecular weight excluding hydrogens is 298 g/mol. The highest BCUT2D eigenvalue weighted by Crippen LogP contribution is 2.01. The minimum absolute atomic E-state index is 0.214. The van der Waals surface area contributed by atoms with Gasteiger partial charge in [-0.3, -0.25) is 0 Å². The maximum atomic E-state index is 11.6. The molecule has 0 radical (unpaired) electrons. The van der Waals surface area contributed by atoms with Gasteiger partial charge in [0, 0.05) is 45.0 Å². The second kappa shape index (κ2) is 13.8. The van der Waals surface area contributed by atoms with E-state index >= 15 is 0 Å². The maximum Gasteiger partial charge on any atom is 0.332 e. The van der Waals surface area contributed by atoms with Crippen molar-refractivity contribution < 1.29 is 24.2 Å². The van der Waals surface area contributed by atoms with Gasteiger partial charge in [0.05, 0.1) is 6.61 Å². The first kappa shape index (κ1) is 21.2. The smallest absolute Gasteiger partial charge is 0.332 e. The fourth-order valence-corrected chi connectivity index (χ4v) is 1.72. The fraction of sp³-hybridized carbons (Fsp3) is 0.647. The number of carbonyl (C=O) groups is 2. The van der Waals surface area contributed by atoms with Crippen LogP contribution in [0.4, 0.5) is 0 Å². The third-order valence-electron chi connectivity index (χ3n) is 3.02. The van der Waals surface area contributed by atoms with E-state index in [1.165, 1.54) is 12.2 Å². The zero-order chi connectivity index (χ0) is 17.5. The molecule has 0 aliphatic carbocycles. The molecule has 1 unspecified atom stereocenters. The molecule has 0 aliphatic rings. The van der Waals surface area contributed by atoms with Gasteiger partial charge >= 0.3 is 11.9 Å². The highest BCUT2D eigenvalue weighted by Gasteiger charge is 2.08. The van der Waals surface area contributed by atoms with Crippen molar-refractivity contribution in [3.05, 3.63) is 24.4 Å². The topological polar surface area (TPSA) is 76.1 Å². The molecule has 0 aromatic heterocycles. The molecule has 0 saturated carbocycles. The van der Waals surface area contributed by atoms with E-state index < -0.39 is 11.9 Å². The summed E-state index contributed by atoms with van der Waals surface area (Å²) in [6.07, 6.45) is 8.88. The lowest BCUT2D eigenvalue weighted by Crippen LogP contribution is -2.18. The van der Waals surface area contributed by atoms with Gasteiger partial charge in [0.25, 0.3) is 0 Å². The SMILES string of the molecule is C/C=C/C(=O)OCCC(C)OC(=O)/C=C/N(C)CCCCCO. The quantitative estimate of drug-likeness (QED) is 0.336. The van der Waals surface area contributed by atoms with Crippen molar-refractivity contribution in [1.29, 1.82) is 0 Å². The van der Waals surface area contributed by atoms with Crippen LogP contribution < -0.4 is 0 Å². The van der Waals surface area contributed by atoms with E-state index in [0.29, 0.717) is 6.42 Å². The highest BCUT2D eigenvalue weighted by molar-refractivity contribution is 5.82. The van der Waals surface area contributed by atoms with E-state index in [1.807, 2.05) is 11.9 Å². The Bertz CT molecular complexity index is 392. The summed E-state index contributed by atoms with van der Waals surface area (Å²) in [6.45, 7) is 4.75. The molecule has 0 heterocycles. The van der Waals surface area contributed by atoms with Crippen molar-refractivity contribution in [1.82, 2.24) is 4.90 Å². The fourth-order valence-electron chi connectivity index (χ4n) is 1.72. The van der Waals surface area contributed by atoms with Crippen LogP contribution in [0.15, 0.2) is 24.4 Å². The van der Waals surface area contributed by atoms with Crippen molar-refractivity contribution in [2.24, 2.45) is 0 Å².